The highest BCUT2D eigenvalue weighted by Gasteiger charge is 2.14. The van der Waals surface area contributed by atoms with E-state index in [0.29, 0.717) is 0 Å². The van der Waals surface area contributed by atoms with Gasteiger partial charge in [-0.1, -0.05) is 49.1 Å². The molecule has 2 aromatic heterocycles. The fraction of sp³-hybridized carbons (Fsp3) is 0.143. The highest BCUT2D eigenvalue weighted by atomic mass is 16.3. The monoisotopic (exact) mass is 512 g/mol. The molecule has 4 heteroatoms. The molecule has 6 rings (SSSR count). The van der Waals surface area contributed by atoms with Crippen molar-refractivity contribution in [1.29, 1.82) is 0 Å². The van der Waals surface area contributed by atoms with Crippen molar-refractivity contribution in [2.45, 2.75) is 26.7 Å². The Bertz CT molecular complexity index is 1790. The van der Waals surface area contributed by atoms with Crippen molar-refractivity contribution in [1.82, 2.24) is 0 Å². The lowest BCUT2D eigenvalue weighted by molar-refractivity contribution is 0.577. The summed E-state index contributed by atoms with van der Waals surface area (Å²) < 4.78 is 11.8. The maximum absolute atomic E-state index is 5.95. The second-order valence-electron chi connectivity index (χ2n) is 9.88. The standard InChI is InChI=1S/C35H32N2O2/c1-5-7-29-22(3)38-33-18-12-25(20-30(29)33)23-8-14-27(15-9-23)37-28-16-10-24(11-17-28)26-13-19-34-31(21-26)35(36-4)32(6-2)39-34/h5-8,10-14,16-21,36-37H,2,9,15H2,1,3-4H3/b7-5-. The normalized spacial score (nSPS) is 13.6. The van der Waals surface area contributed by atoms with E-state index in [1.807, 2.05) is 27.0 Å². The first-order chi connectivity index (χ1) is 19.1. The molecule has 1 aliphatic rings. The number of hydrogen-bond acceptors (Lipinski definition) is 4. The first-order valence-electron chi connectivity index (χ1n) is 13.4. The Hall–Kier alpha value is -4.70. The van der Waals surface area contributed by atoms with Crippen LogP contribution in [0.1, 0.15) is 42.4 Å². The molecule has 1 aliphatic carbocycles. The van der Waals surface area contributed by atoms with Gasteiger partial charge in [-0.3, -0.25) is 0 Å². The maximum Gasteiger partial charge on any atom is 0.150 e. The first kappa shape index (κ1) is 24.6. The second-order valence-corrected chi connectivity index (χ2v) is 9.88. The molecule has 0 saturated heterocycles. The Labute approximate surface area is 229 Å². The van der Waals surface area contributed by atoms with Crippen molar-refractivity contribution < 1.29 is 8.83 Å². The number of hydrogen-bond donors (Lipinski definition) is 2. The van der Waals surface area contributed by atoms with Gasteiger partial charge < -0.3 is 19.5 Å². The number of aryl methyl sites for hydroxylation is 1. The summed E-state index contributed by atoms with van der Waals surface area (Å²) in [5.41, 5.74) is 11.1. The number of furan rings is 2. The predicted molar refractivity (Wildman–Crippen MR) is 166 cm³/mol. The van der Waals surface area contributed by atoms with Crippen molar-refractivity contribution in [3.8, 4) is 11.1 Å². The molecule has 194 valence electrons. The third-order valence-electron chi connectivity index (χ3n) is 7.44. The van der Waals surface area contributed by atoms with Gasteiger partial charge in [0.15, 0.2) is 5.76 Å². The molecule has 5 aromatic rings. The molecule has 0 bridgehead atoms. The van der Waals surface area contributed by atoms with Gasteiger partial charge >= 0.3 is 0 Å². The van der Waals surface area contributed by atoms with E-state index in [0.717, 1.165) is 63.4 Å². The van der Waals surface area contributed by atoms with Crippen molar-refractivity contribution >= 4 is 51.0 Å². The lowest BCUT2D eigenvalue weighted by Crippen LogP contribution is -2.03. The Balaban J connectivity index is 1.20. The lowest BCUT2D eigenvalue weighted by Gasteiger charge is -2.17. The molecule has 0 fully saturated rings. The van der Waals surface area contributed by atoms with Crippen LogP contribution in [0.4, 0.5) is 11.4 Å². The summed E-state index contributed by atoms with van der Waals surface area (Å²) in [7, 11) is 1.91. The topological polar surface area (TPSA) is 50.3 Å². The molecule has 0 atom stereocenters. The van der Waals surface area contributed by atoms with E-state index in [-0.39, 0.29) is 0 Å². The molecule has 0 saturated carbocycles. The number of allylic oxidation sites excluding steroid dienone is 5. The minimum atomic E-state index is 0.762. The van der Waals surface area contributed by atoms with Gasteiger partial charge in [-0.2, -0.15) is 0 Å². The van der Waals surface area contributed by atoms with Gasteiger partial charge in [0.2, 0.25) is 0 Å². The summed E-state index contributed by atoms with van der Waals surface area (Å²) in [4.78, 5) is 0. The van der Waals surface area contributed by atoms with Gasteiger partial charge in [0.05, 0.1) is 5.69 Å². The molecule has 39 heavy (non-hydrogen) atoms. The van der Waals surface area contributed by atoms with Crippen LogP contribution in [0.2, 0.25) is 0 Å². The van der Waals surface area contributed by atoms with Crippen LogP contribution >= 0.6 is 0 Å². The molecule has 0 radical (unpaired) electrons. The van der Waals surface area contributed by atoms with E-state index in [9.17, 15) is 0 Å². The average molecular weight is 513 g/mol. The van der Waals surface area contributed by atoms with Crippen molar-refractivity contribution in [2.24, 2.45) is 0 Å². The highest BCUT2D eigenvalue weighted by molar-refractivity contribution is 5.97. The number of fused-ring (bicyclic) bond motifs is 2. The zero-order valence-electron chi connectivity index (χ0n) is 22.6. The largest absolute Gasteiger partial charge is 0.461 e. The van der Waals surface area contributed by atoms with Crippen LogP contribution in [0.5, 0.6) is 0 Å². The molecular formula is C35H32N2O2. The van der Waals surface area contributed by atoms with E-state index in [1.165, 1.54) is 27.8 Å². The van der Waals surface area contributed by atoms with Crippen molar-refractivity contribution in [3.63, 3.8) is 0 Å². The zero-order valence-corrected chi connectivity index (χ0v) is 22.6. The average Bonchev–Trinajstić information content (AvgIpc) is 3.49. The smallest absolute Gasteiger partial charge is 0.150 e. The summed E-state index contributed by atoms with van der Waals surface area (Å²) >= 11 is 0. The fourth-order valence-corrected chi connectivity index (χ4v) is 5.42. The van der Waals surface area contributed by atoms with E-state index < -0.39 is 0 Å². The summed E-state index contributed by atoms with van der Waals surface area (Å²) in [5, 5.41) is 9.08. The van der Waals surface area contributed by atoms with Gasteiger partial charge in [0.1, 0.15) is 16.9 Å². The van der Waals surface area contributed by atoms with Crippen LogP contribution in [0.15, 0.2) is 100 Å². The third-order valence-corrected chi connectivity index (χ3v) is 7.44. The fourth-order valence-electron chi connectivity index (χ4n) is 5.42. The summed E-state index contributed by atoms with van der Waals surface area (Å²) in [6, 6.07) is 21.4. The Morgan fingerprint density at radius 2 is 1.54 bits per heavy atom. The molecule has 0 spiro atoms. The van der Waals surface area contributed by atoms with Gasteiger partial charge in [-0.15, -0.1) is 0 Å². The molecule has 0 aliphatic heterocycles. The number of anilines is 2. The molecule has 3 aromatic carbocycles. The SMILES string of the molecule is C=Cc1oc2ccc(-c3ccc(NC4=CC=C(c5ccc6oc(C)c(/C=C\C)c6c5)CC4)cc3)cc2c1NC. The van der Waals surface area contributed by atoms with E-state index in [1.54, 1.807) is 6.08 Å². The quantitative estimate of drug-likeness (QED) is 0.228. The van der Waals surface area contributed by atoms with Crippen LogP contribution < -0.4 is 10.6 Å². The lowest BCUT2D eigenvalue weighted by atomic mass is 9.94. The second kappa shape index (κ2) is 10.2. The summed E-state index contributed by atoms with van der Waals surface area (Å²) in [5.74, 6) is 1.72. The minimum absolute atomic E-state index is 0.762. The van der Waals surface area contributed by atoms with Crippen molar-refractivity contribution in [2.75, 3.05) is 17.7 Å². The van der Waals surface area contributed by atoms with Crippen LogP contribution in [0.3, 0.4) is 0 Å². The predicted octanol–water partition coefficient (Wildman–Crippen LogP) is 10.0. The van der Waals surface area contributed by atoms with Crippen LogP contribution in [0, 0.1) is 6.92 Å². The Morgan fingerprint density at radius 3 is 2.23 bits per heavy atom. The highest BCUT2D eigenvalue weighted by Crippen LogP contribution is 2.36. The summed E-state index contributed by atoms with van der Waals surface area (Å²) in [6.45, 7) is 7.92. The Kier molecular flexibility index (Phi) is 6.45. The minimum Gasteiger partial charge on any atom is -0.461 e. The van der Waals surface area contributed by atoms with Gasteiger partial charge in [-0.05, 0) is 97.5 Å². The molecule has 2 heterocycles. The van der Waals surface area contributed by atoms with Gasteiger partial charge in [0.25, 0.3) is 0 Å². The van der Waals surface area contributed by atoms with Gasteiger partial charge in [0, 0.05) is 34.8 Å². The van der Waals surface area contributed by atoms with Gasteiger partial charge in [-0.25, -0.2) is 0 Å². The molecule has 4 nitrogen and oxygen atoms in total. The van der Waals surface area contributed by atoms with Crippen molar-refractivity contribution in [3.05, 3.63) is 114 Å². The molecular weight excluding hydrogens is 480 g/mol. The number of rotatable bonds is 7. The van der Waals surface area contributed by atoms with E-state index in [2.05, 4.69) is 96.1 Å². The van der Waals surface area contributed by atoms with Crippen LogP contribution in [0.25, 0.3) is 50.8 Å². The molecule has 0 unspecified atom stereocenters. The van der Waals surface area contributed by atoms with Crippen LogP contribution in [-0.2, 0) is 0 Å². The third kappa shape index (κ3) is 4.59. The van der Waals surface area contributed by atoms with Crippen LogP contribution in [-0.4, -0.2) is 7.05 Å². The molecule has 0 amide bonds. The number of nitrogens with one attached hydrogen (secondary N) is 2. The van der Waals surface area contributed by atoms with E-state index >= 15 is 0 Å². The maximum atomic E-state index is 5.95. The first-order valence-corrected chi connectivity index (χ1v) is 13.4. The number of benzene rings is 3. The zero-order chi connectivity index (χ0) is 26.9. The molecule has 2 N–H and O–H groups in total. The Morgan fingerprint density at radius 1 is 0.821 bits per heavy atom. The van der Waals surface area contributed by atoms with E-state index in [4.69, 9.17) is 8.83 Å². The summed E-state index contributed by atoms with van der Waals surface area (Å²) in [6.07, 6.45) is 12.3.